The van der Waals surface area contributed by atoms with Crippen molar-refractivity contribution >= 4 is 43.4 Å². The molecule has 0 atom stereocenters. The third kappa shape index (κ3) is 4.17. The van der Waals surface area contributed by atoms with Crippen molar-refractivity contribution in [3.8, 4) is 39.1 Å². The molecular weight excluding hydrogens is 555 g/mol. The molecule has 0 spiro atoms. The van der Waals surface area contributed by atoms with Crippen LogP contribution in [0.1, 0.15) is 5.56 Å². The van der Waals surface area contributed by atoms with Crippen LogP contribution in [0.3, 0.4) is 0 Å². The van der Waals surface area contributed by atoms with E-state index in [2.05, 4.69) is 181 Å². The summed E-state index contributed by atoms with van der Waals surface area (Å²) in [4.78, 5) is 0. The SMILES string of the molecule is Cc1ccc(-c2c3ccccc3c(-c3ccc4c(c3)c3ccccc3n4-c3ccc(-c4ccccc4)cc3)c3ccccc23)cc1. The van der Waals surface area contributed by atoms with Crippen LogP contribution in [0.4, 0.5) is 0 Å². The highest BCUT2D eigenvalue weighted by atomic mass is 15.0. The Labute approximate surface area is 268 Å². The third-order valence-corrected chi connectivity index (χ3v) is 9.47. The summed E-state index contributed by atoms with van der Waals surface area (Å²) < 4.78 is 2.40. The van der Waals surface area contributed by atoms with Crippen molar-refractivity contribution in [2.24, 2.45) is 0 Å². The van der Waals surface area contributed by atoms with Gasteiger partial charge in [-0.3, -0.25) is 0 Å². The Kier molecular flexibility index (Phi) is 6.11. The molecule has 0 amide bonds. The fourth-order valence-corrected chi connectivity index (χ4v) is 7.31. The topological polar surface area (TPSA) is 4.93 Å². The second-order valence-electron chi connectivity index (χ2n) is 12.2. The zero-order valence-corrected chi connectivity index (χ0v) is 25.6. The van der Waals surface area contributed by atoms with Crippen LogP contribution < -0.4 is 0 Å². The maximum Gasteiger partial charge on any atom is 0.0541 e. The van der Waals surface area contributed by atoms with Gasteiger partial charge < -0.3 is 4.57 Å². The van der Waals surface area contributed by atoms with Crippen LogP contribution in [0.15, 0.2) is 170 Å². The van der Waals surface area contributed by atoms with Gasteiger partial charge >= 0.3 is 0 Å². The number of nitrogens with zero attached hydrogens (tertiary/aromatic N) is 1. The predicted molar refractivity (Wildman–Crippen MR) is 197 cm³/mol. The van der Waals surface area contributed by atoms with Gasteiger partial charge in [-0.25, -0.2) is 0 Å². The van der Waals surface area contributed by atoms with E-state index in [9.17, 15) is 0 Å². The third-order valence-electron chi connectivity index (χ3n) is 9.47. The van der Waals surface area contributed by atoms with Gasteiger partial charge in [0.1, 0.15) is 0 Å². The first-order valence-corrected chi connectivity index (χ1v) is 15.9. The van der Waals surface area contributed by atoms with Crippen LogP contribution in [0.25, 0.3) is 82.4 Å². The molecule has 1 aromatic heterocycles. The number of hydrogen-bond donors (Lipinski definition) is 0. The molecule has 0 fully saturated rings. The first kappa shape index (κ1) is 26.5. The van der Waals surface area contributed by atoms with Crippen molar-refractivity contribution < 1.29 is 0 Å². The van der Waals surface area contributed by atoms with E-state index >= 15 is 0 Å². The monoisotopic (exact) mass is 585 g/mol. The first-order valence-electron chi connectivity index (χ1n) is 15.9. The molecule has 0 aliphatic rings. The standard InChI is InChI=1S/C45H31N/c1-30-19-21-33(22-20-30)44-37-14-5-7-16-39(37)45(40-17-8-6-15-38(40)44)34-25-28-43-41(29-34)36-13-9-10-18-42(36)46(43)35-26-23-32(24-27-35)31-11-3-2-4-12-31/h2-29H,1H3. The highest BCUT2D eigenvalue weighted by Crippen LogP contribution is 2.45. The molecule has 216 valence electrons. The highest BCUT2D eigenvalue weighted by molar-refractivity contribution is 6.22. The van der Waals surface area contributed by atoms with E-state index in [1.807, 2.05) is 0 Å². The molecule has 8 aromatic carbocycles. The van der Waals surface area contributed by atoms with E-state index in [0.29, 0.717) is 0 Å². The molecule has 0 aliphatic carbocycles. The summed E-state index contributed by atoms with van der Waals surface area (Å²) in [7, 11) is 0. The second-order valence-corrected chi connectivity index (χ2v) is 12.2. The number of aromatic nitrogens is 1. The van der Waals surface area contributed by atoms with Gasteiger partial charge in [0, 0.05) is 16.5 Å². The molecule has 0 bridgehead atoms. The molecule has 0 unspecified atom stereocenters. The van der Waals surface area contributed by atoms with Gasteiger partial charge in [-0.2, -0.15) is 0 Å². The maximum atomic E-state index is 2.41. The Morgan fingerprint density at radius 2 is 0.783 bits per heavy atom. The van der Waals surface area contributed by atoms with Crippen molar-refractivity contribution in [1.82, 2.24) is 4.57 Å². The molecule has 0 saturated carbocycles. The predicted octanol–water partition coefficient (Wildman–Crippen LogP) is 12.4. The normalized spacial score (nSPS) is 11.6. The minimum atomic E-state index is 1.16. The van der Waals surface area contributed by atoms with Gasteiger partial charge in [0.25, 0.3) is 0 Å². The molecule has 9 aromatic rings. The lowest BCUT2D eigenvalue weighted by Crippen LogP contribution is -1.94. The van der Waals surface area contributed by atoms with E-state index < -0.39 is 0 Å². The number of rotatable bonds is 4. The summed E-state index contributed by atoms with van der Waals surface area (Å²) in [6.45, 7) is 2.15. The summed E-state index contributed by atoms with van der Waals surface area (Å²) >= 11 is 0. The molecule has 0 saturated heterocycles. The lowest BCUT2D eigenvalue weighted by atomic mass is 9.85. The summed E-state index contributed by atoms with van der Waals surface area (Å²) in [5, 5.41) is 7.63. The molecule has 0 aliphatic heterocycles. The number of benzene rings is 8. The van der Waals surface area contributed by atoms with E-state index in [1.165, 1.54) is 82.3 Å². The minimum Gasteiger partial charge on any atom is -0.309 e. The summed E-state index contributed by atoms with van der Waals surface area (Å²) in [6.07, 6.45) is 0. The number of hydrogen-bond acceptors (Lipinski definition) is 0. The van der Waals surface area contributed by atoms with E-state index in [4.69, 9.17) is 0 Å². The van der Waals surface area contributed by atoms with Crippen molar-refractivity contribution in [2.45, 2.75) is 6.92 Å². The lowest BCUT2D eigenvalue weighted by Gasteiger charge is -2.18. The van der Waals surface area contributed by atoms with Crippen molar-refractivity contribution in [1.29, 1.82) is 0 Å². The van der Waals surface area contributed by atoms with Crippen molar-refractivity contribution in [3.63, 3.8) is 0 Å². The van der Waals surface area contributed by atoms with Gasteiger partial charge in [-0.05, 0) is 92.2 Å². The second kappa shape index (κ2) is 10.6. The molecule has 0 N–H and O–H groups in total. The zero-order chi connectivity index (χ0) is 30.6. The van der Waals surface area contributed by atoms with Gasteiger partial charge in [0.2, 0.25) is 0 Å². The molecule has 1 heteroatoms. The highest BCUT2D eigenvalue weighted by Gasteiger charge is 2.18. The van der Waals surface area contributed by atoms with Crippen LogP contribution >= 0.6 is 0 Å². The average molecular weight is 586 g/mol. The number of para-hydroxylation sites is 1. The molecule has 9 rings (SSSR count). The van der Waals surface area contributed by atoms with E-state index in [0.717, 1.165) is 5.69 Å². The van der Waals surface area contributed by atoms with Gasteiger partial charge in [0.05, 0.1) is 11.0 Å². The van der Waals surface area contributed by atoms with Gasteiger partial charge in [0.15, 0.2) is 0 Å². The number of fused-ring (bicyclic) bond motifs is 5. The van der Waals surface area contributed by atoms with Crippen LogP contribution in [-0.2, 0) is 0 Å². The Bertz CT molecular complexity index is 2490. The Balaban J connectivity index is 1.28. The van der Waals surface area contributed by atoms with E-state index in [-0.39, 0.29) is 0 Å². The largest absolute Gasteiger partial charge is 0.309 e. The minimum absolute atomic E-state index is 1.16. The fourth-order valence-electron chi connectivity index (χ4n) is 7.31. The van der Waals surface area contributed by atoms with Crippen LogP contribution in [-0.4, -0.2) is 4.57 Å². The van der Waals surface area contributed by atoms with Crippen LogP contribution in [0.2, 0.25) is 0 Å². The Morgan fingerprint density at radius 1 is 0.326 bits per heavy atom. The first-order chi connectivity index (χ1) is 22.7. The van der Waals surface area contributed by atoms with Crippen LogP contribution in [0.5, 0.6) is 0 Å². The molecular formula is C45H31N. The van der Waals surface area contributed by atoms with E-state index in [1.54, 1.807) is 0 Å². The average Bonchev–Trinajstić information content (AvgIpc) is 3.45. The quantitative estimate of drug-likeness (QED) is 0.181. The maximum absolute atomic E-state index is 2.41. The summed E-state index contributed by atoms with van der Waals surface area (Å²) in [5.41, 5.74) is 12.4. The molecule has 1 heterocycles. The van der Waals surface area contributed by atoms with Crippen LogP contribution in [0, 0.1) is 6.92 Å². The molecule has 1 nitrogen and oxygen atoms in total. The van der Waals surface area contributed by atoms with Gasteiger partial charge in [-0.1, -0.05) is 145 Å². The Morgan fingerprint density at radius 3 is 1.41 bits per heavy atom. The van der Waals surface area contributed by atoms with Crippen molar-refractivity contribution in [2.75, 3.05) is 0 Å². The summed E-state index contributed by atoms with van der Waals surface area (Å²) in [6, 6.07) is 62.1. The van der Waals surface area contributed by atoms with Crippen molar-refractivity contribution in [3.05, 3.63) is 175 Å². The smallest absolute Gasteiger partial charge is 0.0541 e. The zero-order valence-electron chi connectivity index (χ0n) is 25.6. The Hall–Kier alpha value is -5.92. The summed E-state index contributed by atoms with van der Waals surface area (Å²) in [5.74, 6) is 0. The van der Waals surface area contributed by atoms with Gasteiger partial charge in [-0.15, -0.1) is 0 Å². The molecule has 0 radical (unpaired) electrons. The fraction of sp³-hybridized carbons (Fsp3) is 0.0222. The number of aryl methyl sites for hydroxylation is 1. The lowest BCUT2D eigenvalue weighted by molar-refractivity contribution is 1.18. The molecule has 46 heavy (non-hydrogen) atoms.